The lowest BCUT2D eigenvalue weighted by Crippen LogP contribution is -2.23. The van der Waals surface area contributed by atoms with Crippen LogP contribution in [-0.2, 0) is 19.3 Å². The van der Waals surface area contributed by atoms with Gasteiger partial charge in [0.1, 0.15) is 4.83 Å². The van der Waals surface area contributed by atoms with Crippen molar-refractivity contribution in [2.45, 2.75) is 58.0 Å². The molecule has 0 aromatic carbocycles. The largest absolute Gasteiger partial charge is 0.356 e. The monoisotopic (exact) mass is 386 g/mol. The van der Waals surface area contributed by atoms with Crippen LogP contribution in [0.1, 0.15) is 50.4 Å². The predicted octanol–water partition coefficient (Wildman–Crippen LogP) is 5.25. The van der Waals surface area contributed by atoms with Crippen molar-refractivity contribution in [2.24, 2.45) is 0 Å². The Morgan fingerprint density at radius 1 is 1.04 bits per heavy atom. The molecule has 4 rings (SSSR count). The number of fused-ring (bicyclic) bond motifs is 5. The molecule has 4 nitrogen and oxygen atoms in total. The van der Waals surface area contributed by atoms with E-state index in [2.05, 4.69) is 31.9 Å². The average molecular weight is 387 g/mol. The number of anilines is 1. The fourth-order valence-corrected chi connectivity index (χ4v) is 5.62. The molecule has 0 aliphatic heterocycles. The van der Waals surface area contributed by atoms with Gasteiger partial charge in [-0.25, -0.2) is 15.0 Å². The molecule has 0 amide bonds. The molecule has 1 aliphatic carbocycles. The quantitative estimate of drug-likeness (QED) is 0.427. The summed E-state index contributed by atoms with van der Waals surface area (Å²) in [4.78, 5) is 18.4. The molecule has 138 valence electrons. The zero-order valence-electron chi connectivity index (χ0n) is 16.1. The van der Waals surface area contributed by atoms with Crippen molar-refractivity contribution >= 4 is 49.3 Å². The standard InChI is InChI=1S/C20H26N4S2/c1-5-9-14-12-10-8-11-13(12)15-16-17(26-19(15)21-14)18(24(6-2)7-3)23-20(22-16)25-4/h5-11H2,1-4H3. The number of hydrogen-bond donors (Lipinski definition) is 0. The van der Waals surface area contributed by atoms with Crippen molar-refractivity contribution in [3.63, 3.8) is 0 Å². The van der Waals surface area contributed by atoms with Crippen LogP contribution in [0.4, 0.5) is 5.82 Å². The number of aryl methyl sites for hydroxylation is 2. The molecule has 0 N–H and O–H groups in total. The Bertz CT molecular complexity index is 960. The SMILES string of the molecule is CCCc1nc2sc3c(N(CC)CC)nc(SC)nc3c2c2c1CCC2. The second kappa shape index (κ2) is 7.31. The lowest BCUT2D eigenvalue weighted by atomic mass is 10.0. The maximum Gasteiger partial charge on any atom is 0.189 e. The summed E-state index contributed by atoms with van der Waals surface area (Å²) in [7, 11) is 0. The molecule has 1 aliphatic rings. The predicted molar refractivity (Wildman–Crippen MR) is 114 cm³/mol. The van der Waals surface area contributed by atoms with Crippen LogP contribution in [0, 0.1) is 0 Å². The van der Waals surface area contributed by atoms with Crippen LogP contribution in [-0.4, -0.2) is 34.3 Å². The molecular weight excluding hydrogens is 360 g/mol. The van der Waals surface area contributed by atoms with Crippen molar-refractivity contribution in [3.8, 4) is 0 Å². The van der Waals surface area contributed by atoms with Gasteiger partial charge in [0.15, 0.2) is 11.0 Å². The van der Waals surface area contributed by atoms with Gasteiger partial charge in [-0.2, -0.15) is 0 Å². The number of thioether (sulfide) groups is 1. The van der Waals surface area contributed by atoms with E-state index >= 15 is 0 Å². The first-order chi connectivity index (χ1) is 12.7. The zero-order valence-corrected chi connectivity index (χ0v) is 17.7. The summed E-state index contributed by atoms with van der Waals surface area (Å²) in [6.07, 6.45) is 7.87. The Morgan fingerprint density at radius 3 is 2.50 bits per heavy atom. The third-order valence-electron chi connectivity index (χ3n) is 5.31. The zero-order chi connectivity index (χ0) is 18.3. The molecule has 0 unspecified atom stereocenters. The summed E-state index contributed by atoms with van der Waals surface area (Å²) in [6.45, 7) is 8.54. The molecule has 0 saturated carbocycles. The van der Waals surface area contributed by atoms with Crippen LogP contribution >= 0.6 is 23.1 Å². The highest BCUT2D eigenvalue weighted by Gasteiger charge is 2.25. The Labute approximate surface area is 163 Å². The van der Waals surface area contributed by atoms with Crippen LogP contribution in [0.25, 0.3) is 20.4 Å². The minimum Gasteiger partial charge on any atom is -0.356 e. The molecule has 0 saturated heterocycles. The van der Waals surface area contributed by atoms with Gasteiger partial charge in [-0.1, -0.05) is 25.1 Å². The highest BCUT2D eigenvalue weighted by atomic mass is 32.2. The number of hydrogen-bond acceptors (Lipinski definition) is 6. The van der Waals surface area contributed by atoms with Crippen molar-refractivity contribution in [3.05, 3.63) is 16.8 Å². The van der Waals surface area contributed by atoms with Gasteiger partial charge in [0.25, 0.3) is 0 Å². The van der Waals surface area contributed by atoms with E-state index in [1.807, 2.05) is 0 Å². The van der Waals surface area contributed by atoms with Gasteiger partial charge >= 0.3 is 0 Å². The maximum atomic E-state index is 5.11. The summed E-state index contributed by atoms with van der Waals surface area (Å²) in [5, 5.41) is 2.17. The minimum absolute atomic E-state index is 0.864. The van der Waals surface area contributed by atoms with Crippen molar-refractivity contribution < 1.29 is 0 Å². The summed E-state index contributed by atoms with van der Waals surface area (Å²) in [5.74, 6) is 1.08. The smallest absolute Gasteiger partial charge is 0.189 e. The van der Waals surface area contributed by atoms with Crippen LogP contribution in [0.3, 0.4) is 0 Å². The van der Waals surface area contributed by atoms with Crippen LogP contribution in [0.5, 0.6) is 0 Å². The first-order valence-corrected chi connectivity index (χ1v) is 11.7. The normalized spacial score (nSPS) is 13.7. The third-order valence-corrected chi connectivity index (χ3v) is 6.93. The number of nitrogens with zero attached hydrogens (tertiary/aromatic N) is 4. The van der Waals surface area contributed by atoms with Gasteiger partial charge in [-0.05, 0) is 56.9 Å². The molecule has 0 fully saturated rings. The topological polar surface area (TPSA) is 41.9 Å². The van der Waals surface area contributed by atoms with Crippen molar-refractivity contribution in [1.29, 1.82) is 0 Å². The summed E-state index contributed by atoms with van der Waals surface area (Å²) in [6, 6.07) is 0. The Balaban J connectivity index is 2.07. The molecule has 26 heavy (non-hydrogen) atoms. The number of rotatable bonds is 6. The number of pyridine rings is 1. The first kappa shape index (κ1) is 18.0. The van der Waals surface area contributed by atoms with Crippen molar-refractivity contribution in [2.75, 3.05) is 24.2 Å². The number of aromatic nitrogens is 3. The molecule has 6 heteroatoms. The average Bonchev–Trinajstić information content (AvgIpc) is 3.27. The van der Waals surface area contributed by atoms with E-state index < -0.39 is 0 Å². The van der Waals surface area contributed by atoms with Gasteiger partial charge in [-0.3, -0.25) is 0 Å². The van der Waals surface area contributed by atoms with Gasteiger partial charge in [0.05, 0.1) is 10.2 Å². The highest BCUT2D eigenvalue weighted by Crippen LogP contribution is 2.43. The van der Waals surface area contributed by atoms with E-state index in [0.717, 1.165) is 53.7 Å². The summed E-state index contributed by atoms with van der Waals surface area (Å²) >= 11 is 3.41. The molecule has 0 spiro atoms. The molecular formula is C20H26N4S2. The van der Waals surface area contributed by atoms with Crippen LogP contribution in [0.2, 0.25) is 0 Å². The Hall–Kier alpha value is -1.40. The Kier molecular flexibility index (Phi) is 5.06. The van der Waals surface area contributed by atoms with Gasteiger partial charge < -0.3 is 4.90 Å². The van der Waals surface area contributed by atoms with Gasteiger partial charge in [0.2, 0.25) is 0 Å². The second-order valence-electron chi connectivity index (χ2n) is 6.79. The first-order valence-electron chi connectivity index (χ1n) is 9.65. The third kappa shape index (κ3) is 2.78. The van der Waals surface area contributed by atoms with Crippen LogP contribution in [0.15, 0.2) is 5.16 Å². The minimum atomic E-state index is 0.864. The van der Waals surface area contributed by atoms with E-state index in [0.29, 0.717) is 0 Å². The highest BCUT2D eigenvalue weighted by molar-refractivity contribution is 7.98. The molecule has 0 bridgehead atoms. The maximum absolute atomic E-state index is 5.11. The van der Waals surface area contributed by atoms with E-state index in [-0.39, 0.29) is 0 Å². The fraction of sp³-hybridized carbons (Fsp3) is 0.550. The van der Waals surface area contributed by atoms with E-state index in [1.54, 1.807) is 23.1 Å². The van der Waals surface area contributed by atoms with E-state index in [4.69, 9.17) is 15.0 Å². The van der Waals surface area contributed by atoms with Crippen LogP contribution < -0.4 is 4.90 Å². The fourth-order valence-electron chi connectivity index (χ4n) is 4.08. The van der Waals surface area contributed by atoms with Gasteiger partial charge in [-0.15, -0.1) is 11.3 Å². The second-order valence-corrected chi connectivity index (χ2v) is 8.56. The molecule has 3 heterocycles. The molecule has 0 atom stereocenters. The van der Waals surface area contributed by atoms with Crippen molar-refractivity contribution in [1.82, 2.24) is 15.0 Å². The van der Waals surface area contributed by atoms with Gasteiger partial charge in [0, 0.05) is 24.2 Å². The molecule has 3 aromatic heterocycles. The molecule has 3 aromatic rings. The lowest BCUT2D eigenvalue weighted by molar-refractivity contribution is 0.832. The lowest BCUT2D eigenvalue weighted by Gasteiger charge is -2.20. The Morgan fingerprint density at radius 2 is 1.81 bits per heavy atom. The van der Waals surface area contributed by atoms with E-state index in [1.165, 1.54) is 39.7 Å². The summed E-state index contributed by atoms with van der Waals surface area (Å²) < 4.78 is 1.21. The number of thiophene rings is 1. The van der Waals surface area contributed by atoms with E-state index in [9.17, 15) is 0 Å². The molecule has 0 radical (unpaired) electrons. The summed E-state index contributed by atoms with van der Waals surface area (Å²) in [5.41, 5.74) is 5.47.